The summed E-state index contributed by atoms with van der Waals surface area (Å²) in [5.41, 5.74) is 2.25. The Bertz CT molecular complexity index is 592. The molecule has 118 valence electrons. The van der Waals surface area contributed by atoms with Crippen LogP contribution >= 0.6 is 0 Å². The standard InChI is InChI=1S/C18H24N2O2/c1-7-15(14(5)21)18-16(8-2)20(11-12-22-18)17(19-6)10-9-13(3)4/h7-10H,2-3,11-12H2,1,4-6H3/b10-9-,15-7-,19-17?. The van der Waals surface area contributed by atoms with E-state index in [0.717, 1.165) is 17.1 Å². The molecule has 1 aliphatic heterocycles. The first-order valence-corrected chi connectivity index (χ1v) is 7.21. The first-order valence-electron chi connectivity index (χ1n) is 7.21. The van der Waals surface area contributed by atoms with Crippen LogP contribution in [0.25, 0.3) is 0 Å². The van der Waals surface area contributed by atoms with E-state index in [-0.39, 0.29) is 5.78 Å². The van der Waals surface area contributed by atoms with Crippen LogP contribution < -0.4 is 0 Å². The highest BCUT2D eigenvalue weighted by Crippen LogP contribution is 2.25. The van der Waals surface area contributed by atoms with Crippen molar-refractivity contribution in [2.24, 2.45) is 4.99 Å². The van der Waals surface area contributed by atoms with E-state index in [9.17, 15) is 4.79 Å². The van der Waals surface area contributed by atoms with E-state index in [1.165, 1.54) is 6.92 Å². The minimum Gasteiger partial charge on any atom is -0.489 e. The maximum atomic E-state index is 11.8. The van der Waals surface area contributed by atoms with Gasteiger partial charge in [-0.3, -0.25) is 9.79 Å². The second-order valence-corrected chi connectivity index (χ2v) is 4.94. The maximum absolute atomic E-state index is 11.8. The van der Waals surface area contributed by atoms with Crippen molar-refractivity contribution in [3.05, 3.63) is 60.1 Å². The summed E-state index contributed by atoms with van der Waals surface area (Å²) >= 11 is 0. The molecule has 1 heterocycles. The number of aliphatic imine (C=N–C) groups is 1. The number of ketones is 1. The molecule has 0 aromatic carbocycles. The van der Waals surface area contributed by atoms with Gasteiger partial charge in [0.25, 0.3) is 0 Å². The van der Waals surface area contributed by atoms with Gasteiger partial charge in [-0.25, -0.2) is 0 Å². The molecular formula is C18H24N2O2. The Morgan fingerprint density at radius 3 is 2.50 bits per heavy atom. The Balaban J connectivity index is 3.34. The van der Waals surface area contributed by atoms with Crippen LogP contribution in [-0.2, 0) is 9.53 Å². The van der Waals surface area contributed by atoms with E-state index in [4.69, 9.17) is 4.74 Å². The third-order valence-electron chi connectivity index (χ3n) is 3.21. The molecule has 0 spiro atoms. The Hall–Kier alpha value is -2.36. The van der Waals surface area contributed by atoms with E-state index in [0.29, 0.717) is 24.5 Å². The van der Waals surface area contributed by atoms with Crippen molar-refractivity contribution in [1.82, 2.24) is 4.90 Å². The van der Waals surface area contributed by atoms with Gasteiger partial charge in [-0.05, 0) is 32.9 Å². The number of hydrogen-bond donors (Lipinski definition) is 0. The summed E-state index contributed by atoms with van der Waals surface area (Å²) < 4.78 is 5.73. The quantitative estimate of drug-likeness (QED) is 0.338. The first-order chi connectivity index (χ1) is 10.5. The van der Waals surface area contributed by atoms with Crippen molar-refractivity contribution in [3.63, 3.8) is 0 Å². The Kier molecular flexibility index (Phi) is 6.57. The fourth-order valence-corrected chi connectivity index (χ4v) is 2.21. The Morgan fingerprint density at radius 2 is 2.05 bits per heavy atom. The summed E-state index contributed by atoms with van der Waals surface area (Å²) in [6, 6.07) is 0. The smallest absolute Gasteiger partial charge is 0.163 e. The van der Waals surface area contributed by atoms with Crippen LogP contribution in [0.5, 0.6) is 0 Å². The summed E-state index contributed by atoms with van der Waals surface area (Å²) in [6.45, 7) is 14.1. The van der Waals surface area contributed by atoms with Crippen molar-refractivity contribution in [3.8, 4) is 0 Å². The van der Waals surface area contributed by atoms with Gasteiger partial charge in [-0.1, -0.05) is 30.9 Å². The summed E-state index contributed by atoms with van der Waals surface area (Å²) in [6.07, 6.45) is 7.26. The number of amidine groups is 1. The average Bonchev–Trinajstić information content (AvgIpc) is 2.48. The van der Waals surface area contributed by atoms with Gasteiger partial charge in [0.15, 0.2) is 11.5 Å². The number of carbonyl (C=O) groups excluding carboxylic acids is 1. The lowest BCUT2D eigenvalue weighted by molar-refractivity contribution is -0.113. The number of hydrogen-bond acceptors (Lipinski definition) is 3. The van der Waals surface area contributed by atoms with Gasteiger partial charge in [0.2, 0.25) is 0 Å². The molecule has 0 saturated carbocycles. The van der Waals surface area contributed by atoms with E-state index >= 15 is 0 Å². The summed E-state index contributed by atoms with van der Waals surface area (Å²) in [5, 5.41) is 0. The molecule has 0 radical (unpaired) electrons. The lowest BCUT2D eigenvalue weighted by Crippen LogP contribution is -2.37. The van der Waals surface area contributed by atoms with Crippen molar-refractivity contribution in [1.29, 1.82) is 0 Å². The minimum absolute atomic E-state index is 0.0360. The SMILES string of the molecule is C=CC1=C(/C(=C\C)C(C)=O)OCCN1C(/C=C\C(=C)C)=NC. The van der Waals surface area contributed by atoms with Crippen molar-refractivity contribution in [2.75, 3.05) is 20.2 Å². The topological polar surface area (TPSA) is 41.9 Å². The van der Waals surface area contributed by atoms with Crippen LogP contribution in [0, 0.1) is 0 Å². The molecule has 0 amide bonds. The molecule has 0 aromatic heterocycles. The van der Waals surface area contributed by atoms with Crippen LogP contribution in [0.1, 0.15) is 20.8 Å². The van der Waals surface area contributed by atoms with E-state index < -0.39 is 0 Å². The second kappa shape index (κ2) is 8.17. The Labute approximate surface area is 132 Å². The van der Waals surface area contributed by atoms with Crippen molar-refractivity contribution in [2.45, 2.75) is 20.8 Å². The fraction of sp³-hybridized carbons (Fsp3) is 0.333. The van der Waals surface area contributed by atoms with Crippen LogP contribution in [0.15, 0.2) is 65.1 Å². The number of Topliss-reactive ketones (excluding diaryl/α,β-unsaturated/α-hetero) is 1. The Morgan fingerprint density at radius 1 is 1.36 bits per heavy atom. The predicted octanol–water partition coefficient (Wildman–Crippen LogP) is 3.41. The highest BCUT2D eigenvalue weighted by molar-refractivity contribution is 5.99. The molecule has 22 heavy (non-hydrogen) atoms. The second-order valence-electron chi connectivity index (χ2n) is 4.94. The molecule has 4 nitrogen and oxygen atoms in total. The average molecular weight is 300 g/mol. The van der Waals surface area contributed by atoms with Crippen molar-refractivity contribution < 1.29 is 9.53 Å². The molecule has 0 aromatic rings. The monoisotopic (exact) mass is 300 g/mol. The zero-order chi connectivity index (χ0) is 16.7. The third-order valence-corrected chi connectivity index (χ3v) is 3.21. The normalized spacial score (nSPS) is 16.8. The number of ether oxygens (including phenoxy) is 1. The van der Waals surface area contributed by atoms with E-state index in [2.05, 4.69) is 18.2 Å². The van der Waals surface area contributed by atoms with Crippen LogP contribution in [-0.4, -0.2) is 36.7 Å². The van der Waals surface area contributed by atoms with Gasteiger partial charge >= 0.3 is 0 Å². The van der Waals surface area contributed by atoms with Gasteiger partial charge in [-0.15, -0.1) is 0 Å². The molecule has 0 atom stereocenters. The first kappa shape index (κ1) is 17.7. The highest BCUT2D eigenvalue weighted by Gasteiger charge is 2.25. The number of allylic oxidation sites excluding steroid dienone is 5. The van der Waals surface area contributed by atoms with E-state index in [1.54, 1.807) is 19.2 Å². The zero-order valence-electron chi connectivity index (χ0n) is 13.8. The highest BCUT2D eigenvalue weighted by atomic mass is 16.5. The molecular weight excluding hydrogens is 276 g/mol. The molecule has 1 rings (SSSR count). The van der Waals surface area contributed by atoms with Crippen LogP contribution in [0.4, 0.5) is 0 Å². The molecule has 0 N–H and O–H groups in total. The van der Waals surface area contributed by atoms with Gasteiger partial charge in [0, 0.05) is 7.05 Å². The summed E-state index contributed by atoms with van der Waals surface area (Å²) in [5.74, 6) is 1.30. The lowest BCUT2D eigenvalue weighted by atomic mass is 10.1. The lowest BCUT2D eigenvalue weighted by Gasteiger charge is -2.32. The largest absolute Gasteiger partial charge is 0.489 e. The van der Waals surface area contributed by atoms with Gasteiger partial charge < -0.3 is 9.64 Å². The van der Waals surface area contributed by atoms with Gasteiger partial charge in [-0.2, -0.15) is 0 Å². The zero-order valence-corrected chi connectivity index (χ0v) is 13.8. The molecule has 0 unspecified atom stereocenters. The molecule has 0 aliphatic carbocycles. The van der Waals surface area contributed by atoms with Gasteiger partial charge in [0.1, 0.15) is 12.4 Å². The van der Waals surface area contributed by atoms with E-state index in [1.807, 2.05) is 30.9 Å². The molecule has 1 aliphatic rings. The minimum atomic E-state index is -0.0360. The van der Waals surface area contributed by atoms with Crippen molar-refractivity contribution >= 4 is 11.6 Å². The molecule has 0 bridgehead atoms. The number of rotatable bonds is 5. The maximum Gasteiger partial charge on any atom is 0.163 e. The third kappa shape index (κ3) is 4.07. The summed E-state index contributed by atoms with van der Waals surface area (Å²) in [4.78, 5) is 18.1. The van der Waals surface area contributed by atoms with Crippen LogP contribution in [0.3, 0.4) is 0 Å². The predicted molar refractivity (Wildman–Crippen MR) is 91.6 cm³/mol. The van der Waals surface area contributed by atoms with Crippen LogP contribution in [0.2, 0.25) is 0 Å². The fourth-order valence-electron chi connectivity index (χ4n) is 2.21. The molecule has 4 heteroatoms. The number of nitrogens with zero attached hydrogens (tertiary/aromatic N) is 2. The molecule has 0 fully saturated rings. The number of carbonyl (C=O) groups is 1. The summed E-state index contributed by atoms with van der Waals surface area (Å²) in [7, 11) is 1.73. The van der Waals surface area contributed by atoms with Gasteiger partial charge in [0.05, 0.1) is 17.8 Å². The molecule has 0 saturated heterocycles.